The van der Waals surface area contributed by atoms with Gasteiger partial charge in [0.1, 0.15) is 5.82 Å². The van der Waals surface area contributed by atoms with E-state index in [1.165, 1.54) is 4.88 Å². The summed E-state index contributed by atoms with van der Waals surface area (Å²) in [6, 6.07) is 6.09. The number of thiazole rings is 1. The lowest BCUT2D eigenvalue weighted by Crippen LogP contribution is -2.46. The Hall–Kier alpha value is -2.45. The minimum absolute atomic E-state index is 0.916. The van der Waals surface area contributed by atoms with Crippen LogP contribution in [0.3, 0.4) is 0 Å². The SMILES string of the molecule is Cc1n[nH]c(C)c1Nc1ncc(CN2CCN(c3ccccn3)CC2)s1. The number of piperazine rings is 1. The summed E-state index contributed by atoms with van der Waals surface area (Å²) in [7, 11) is 0. The zero-order valence-electron chi connectivity index (χ0n) is 15.1. The van der Waals surface area contributed by atoms with Gasteiger partial charge in [0, 0.05) is 50.0 Å². The Bertz CT molecular complexity index is 830. The Morgan fingerprint density at radius 2 is 2.00 bits per heavy atom. The molecule has 3 aromatic rings. The molecule has 1 aliphatic heterocycles. The number of nitrogens with zero attached hydrogens (tertiary/aromatic N) is 5. The van der Waals surface area contributed by atoms with Gasteiger partial charge >= 0.3 is 0 Å². The van der Waals surface area contributed by atoms with Gasteiger partial charge in [-0.2, -0.15) is 5.10 Å². The largest absolute Gasteiger partial charge is 0.354 e. The van der Waals surface area contributed by atoms with Crippen LogP contribution in [0.2, 0.25) is 0 Å². The van der Waals surface area contributed by atoms with Crippen LogP contribution in [0.5, 0.6) is 0 Å². The van der Waals surface area contributed by atoms with Crippen molar-refractivity contribution in [2.75, 3.05) is 36.4 Å². The Morgan fingerprint density at radius 1 is 1.15 bits per heavy atom. The van der Waals surface area contributed by atoms with Crippen molar-refractivity contribution >= 4 is 28.0 Å². The van der Waals surface area contributed by atoms with Crippen LogP contribution in [0, 0.1) is 13.8 Å². The van der Waals surface area contributed by atoms with Gasteiger partial charge in [0.2, 0.25) is 0 Å². The minimum Gasteiger partial charge on any atom is -0.354 e. The molecule has 26 heavy (non-hydrogen) atoms. The van der Waals surface area contributed by atoms with Gasteiger partial charge in [-0.05, 0) is 26.0 Å². The summed E-state index contributed by atoms with van der Waals surface area (Å²) in [5.41, 5.74) is 3.02. The van der Waals surface area contributed by atoms with Crippen LogP contribution in [0.4, 0.5) is 16.6 Å². The van der Waals surface area contributed by atoms with E-state index in [2.05, 4.69) is 41.3 Å². The quantitative estimate of drug-likeness (QED) is 0.720. The molecule has 4 rings (SSSR count). The van der Waals surface area contributed by atoms with Crippen molar-refractivity contribution in [2.45, 2.75) is 20.4 Å². The number of aromatic amines is 1. The molecule has 136 valence electrons. The van der Waals surface area contributed by atoms with Crippen molar-refractivity contribution in [2.24, 2.45) is 0 Å². The van der Waals surface area contributed by atoms with Crippen molar-refractivity contribution in [3.8, 4) is 0 Å². The number of aryl methyl sites for hydroxylation is 2. The average molecular weight is 369 g/mol. The van der Waals surface area contributed by atoms with Gasteiger partial charge in [-0.15, -0.1) is 11.3 Å². The van der Waals surface area contributed by atoms with E-state index in [1.807, 2.05) is 38.4 Å². The molecule has 0 aliphatic carbocycles. The van der Waals surface area contributed by atoms with Gasteiger partial charge in [0.25, 0.3) is 0 Å². The van der Waals surface area contributed by atoms with Gasteiger partial charge < -0.3 is 10.2 Å². The molecule has 8 heteroatoms. The van der Waals surface area contributed by atoms with E-state index in [0.29, 0.717) is 0 Å². The molecular formula is C18H23N7S. The number of hydrogen-bond acceptors (Lipinski definition) is 7. The maximum absolute atomic E-state index is 4.52. The molecule has 1 fully saturated rings. The predicted molar refractivity (Wildman–Crippen MR) is 105 cm³/mol. The average Bonchev–Trinajstić information content (AvgIpc) is 3.24. The molecule has 3 aromatic heterocycles. The van der Waals surface area contributed by atoms with Crippen molar-refractivity contribution < 1.29 is 0 Å². The van der Waals surface area contributed by atoms with E-state index in [4.69, 9.17) is 0 Å². The highest BCUT2D eigenvalue weighted by Gasteiger charge is 2.19. The maximum atomic E-state index is 4.52. The molecule has 1 aliphatic rings. The molecule has 0 bridgehead atoms. The minimum atomic E-state index is 0.916. The van der Waals surface area contributed by atoms with Crippen LogP contribution < -0.4 is 10.2 Å². The summed E-state index contributed by atoms with van der Waals surface area (Å²) >= 11 is 1.71. The fourth-order valence-corrected chi connectivity index (χ4v) is 4.04. The number of aromatic nitrogens is 4. The molecular weight excluding hydrogens is 346 g/mol. The molecule has 0 atom stereocenters. The summed E-state index contributed by atoms with van der Waals surface area (Å²) < 4.78 is 0. The number of hydrogen-bond donors (Lipinski definition) is 2. The zero-order chi connectivity index (χ0) is 17.9. The van der Waals surface area contributed by atoms with Crippen LogP contribution in [-0.2, 0) is 6.54 Å². The standard InChI is InChI=1S/C18H23N7S/c1-13-17(14(2)23-22-13)21-18-20-11-15(26-18)12-24-7-9-25(10-8-24)16-5-3-4-6-19-16/h3-6,11H,7-10,12H2,1-2H3,(H,20,21)(H,22,23). The third-order valence-corrected chi connectivity index (χ3v) is 5.54. The predicted octanol–water partition coefficient (Wildman–Crippen LogP) is 2.94. The van der Waals surface area contributed by atoms with Crippen molar-refractivity contribution in [3.63, 3.8) is 0 Å². The Labute approximate surface area is 157 Å². The molecule has 4 heterocycles. The van der Waals surface area contributed by atoms with E-state index in [9.17, 15) is 0 Å². The Balaban J connectivity index is 1.32. The van der Waals surface area contributed by atoms with Crippen LogP contribution in [-0.4, -0.2) is 51.2 Å². The monoisotopic (exact) mass is 369 g/mol. The maximum Gasteiger partial charge on any atom is 0.187 e. The zero-order valence-corrected chi connectivity index (χ0v) is 15.9. The lowest BCUT2D eigenvalue weighted by Gasteiger charge is -2.35. The first-order chi connectivity index (χ1) is 12.7. The first-order valence-corrected chi connectivity index (χ1v) is 9.62. The smallest absolute Gasteiger partial charge is 0.187 e. The second-order valence-corrected chi connectivity index (χ2v) is 7.63. The highest BCUT2D eigenvalue weighted by molar-refractivity contribution is 7.15. The lowest BCUT2D eigenvalue weighted by molar-refractivity contribution is 0.251. The van der Waals surface area contributed by atoms with Gasteiger partial charge in [-0.25, -0.2) is 9.97 Å². The molecule has 0 saturated carbocycles. The van der Waals surface area contributed by atoms with E-state index in [0.717, 1.165) is 60.7 Å². The molecule has 2 N–H and O–H groups in total. The highest BCUT2D eigenvalue weighted by atomic mass is 32.1. The molecule has 0 unspecified atom stereocenters. The summed E-state index contributed by atoms with van der Waals surface area (Å²) in [6.07, 6.45) is 3.83. The van der Waals surface area contributed by atoms with E-state index < -0.39 is 0 Å². The van der Waals surface area contributed by atoms with Crippen molar-refractivity contribution in [1.82, 2.24) is 25.1 Å². The second-order valence-electron chi connectivity index (χ2n) is 6.52. The number of H-pyrrole nitrogens is 1. The first kappa shape index (κ1) is 17.0. The fraction of sp³-hybridized carbons (Fsp3) is 0.389. The molecule has 7 nitrogen and oxygen atoms in total. The number of pyridine rings is 1. The second kappa shape index (κ2) is 7.43. The van der Waals surface area contributed by atoms with E-state index in [1.54, 1.807) is 11.3 Å². The Kier molecular flexibility index (Phi) is 4.85. The van der Waals surface area contributed by atoms with Crippen LogP contribution in [0.15, 0.2) is 30.6 Å². The molecule has 0 spiro atoms. The molecule has 0 aromatic carbocycles. The Morgan fingerprint density at radius 3 is 2.69 bits per heavy atom. The van der Waals surface area contributed by atoms with Crippen molar-refractivity contribution in [3.05, 3.63) is 46.9 Å². The van der Waals surface area contributed by atoms with Gasteiger partial charge in [-0.3, -0.25) is 10.00 Å². The summed E-state index contributed by atoms with van der Waals surface area (Å²) in [5.74, 6) is 1.07. The molecule has 0 radical (unpaired) electrons. The molecule has 0 amide bonds. The highest BCUT2D eigenvalue weighted by Crippen LogP contribution is 2.27. The molecule has 1 saturated heterocycles. The first-order valence-electron chi connectivity index (χ1n) is 8.80. The summed E-state index contributed by atoms with van der Waals surface area (Å²) in [5, 5.41) is 11.5. The van der Waals surface area contributed by atoms with Crippen LogP contribution in [0.1, 0.15) is 16.3 Å². The number of nitrogens with one attached hydrogen (secondary N) is 2. The number of rotatable bonds is 5. The topological polar surface area (TPSA) is 73.0 Å². The van der Waals surface area contributed by atoms with Crippen molar-refractivity contribution in [1.29, 1.82) is 0 Å². The number of anilines is 3. The van der Waals surface area contributed by atoms with Gasteiger partial charge in [0.05, 0.1) is 17.1 Å². The van der Waals surface area contributed by atoms with E-state index >= 15 is 0 Å². The van der Waals surface area contributed by atoms with Crippen LogP contribution >= 0.6 is 11.3 Å². The fourth-order valence-electron chi connectivity index (χ4n) is 3.18. The van der Waals surface area contributed by atoms with Gasteiger partial charge in [-0.1, -0.05) is 6.07 Å². The third kappa shape index (κ3) is 3.71. The third-order valence-electron chi connectivity index (χ3n) is 4.64. The normalized spacial score (nSPS) is 15.4. The summed E-state index contributed by atoms with van der Waals surface area (Å²) in [4.78, 5) is 15.1. The summed E-state index contributed by atoms with van der Waals surface area (Å²) in [6.45, 7) is 9.04. The van der Waals surface area contributed by atoms with Gasteiger partial charge in [0.15, 0.2) is 5.13 Å². The lowest BCUT2D eigenvalue weighted by atomic mass is 10.3. The van der Waals surface area contributed by atoms with E-state index in [-0.39, 0.29) is 0 Å². The van der Waals surface area contributed by atoms with Crippen LogP contribution in [0.25, 0.3) is 0 Å².